The zero-order chi connectivity index (χ0) is 18.6. The summed E-state index contributed by atoms with van der Waals surface area (Å²) in [5, 5.41) is 10.7. The van der Waals surface area contributed by atoms with Crippen LogP contribution in [0.3, 0.4) is 0 Å². The van der Waals surface area contributed by atoms with Gasteiger partial charge in [0.25, 0.3) is 0 Å². The number of nitrogens with one attached hydrogen (secondary N) is 2. The average molecular weight is 357 g/mol. The van der Waals surface area contributed by atoms with Crippen molar-refractivity contribution in [2.75, 3.05) is 20.2 Å². The van der Waals surface area contributed by atoms with Crippen LogP contribution in [0.5, 0.6) is 11.5 Å². The highest BCUT2D eigenvalue weighted by Gasteiger charge is 2.32. The SMILES string of the molecule is CN=C(NCCOc1cccc2c1OC(C)(C)C2)NCc1ccnn1C. The number of guanidine groups is 1. The third kappa shape index (κ3) is 4.28. The summed E-state index contributed by atoms with van der Waals surface area (Å²) in [4.78, 5) is 4.22. The lowest BCUT2D eigenvalue weighted by molar-refractivity contribution is 0.132. The lowest BCUT2D eigenvalue weighted by Crippen LogP contribution is -2.39. The number of aromatic nitrogens is 2. The van der Waals surface area contributed by atoms with Gasteiger partial charge in [0.1, 0.15) is 12.2 Å². The number of aryl methyl sites for hydroxylation is 1. The first kappa shape index (κ1) is 18.1. The van der Waals surface area contributed by atoms with Crippen LogP contribution in [0.2, 0.25) is 0 Å². The molecule has 2 aromatic rings. The van der Waals surface area contributed by atoms with E-state index in [0.717, 1.165) is 29.6 Å². The van der Waals surface area contributed by atoms with Gasteiger partial charge >= 0.3 is 0 Å². The van der Waals surface area contributed by atoms with E-state index in [-0.39, 0.29) is 5.60 Å². The van der Waals surface area contributed by atoms with E-state index in [4.69, 9.17) is 9.47 Å². The Balaban J connectivity index is 1.46. The summed E-state index contributed by atoms with van der Waals surface area (Å²) in [7, 11) is 3.67. The number of benzene rings is 1. The van der Waals surface area contributed by atoms with Crippen molar-refractivity contribution in [2.45, 2.75) is 32.4 Å². The van der Waals surface area contributed by atoms with Crippen LogP contribution in [0.1, 0.15) is 25.1 Å². The van der Waals surface area contributed by atoms with Crippen molar-refractivity contribution >= 4 is 5.96 Å². The summed E-state index contributed by atoms with van der Waals surface area (Å²) in [5.74, 6) is 2.40. The number of rotatable bonds is 6. The predicted octanol–water partition coefficient (Wildman–Crippen LogP) is 1.88. The zero-order valence-electron chi connectivity index (χ0n) is 15.9. The Morgan fingerprint density at radius 2 is 2.19 bits per heavy atom. The molecule has 1 aliphatic rings. The van der Waals surface area contributed by atoms with E-state index < -0.39 is 0 Å². The summed E-state index contributed by atoms with van der Waals surface area (Å²) < 4.78 is 13.8. The summed E-state index contributed by atoms with van der Waals surface area (Å²) in [6.07, 6.45) is 2.69. The zero-order valence-corrected chi connectivity index (χ0v) is 15.9. The van der Waals surface area contributed by atoms with Gasteiger partial charge in [-0.2, -0.15) is 5.10 Å². The van der Waals surface area contributed by atoms with Gasteiger partial charge in [-0.1, -0.05) is 12.1 Å². The van der Waals surface area contributed by atoms with Gasteiger partial charge in [-0.25, -0.2) is 0 Å². The first-order chi connectivity index (χ1) is 12.5. The second kappa shape index (κ2) is 7.68. The molecule has 2 N–H and O–H groups in total. The van der Waals surface area contributed by atoms with Crippen LogP contribution in [0, 0.1) is 0 Å². The molecule has 0 unspecified atom stereocenters. The summed E-state index contributed by atoms with van der Waals surface area (Å²) in [5.41, 5.74) is 2.12. The molecule has 0 radical (unpaired) electrons. The van der Waals surface area contributed by atoms with Gasteiger partial charge in [0.2, 0.25) is 0 Å². The fourth-order valence-electron chi connectivity index (χ4n) is 3.00. The van der Waals surface area contributed by atoms with Gasteiger partial charge in [-0.3, -0.25) is 9.67 Å². The third-order valence-corrected chi connectivity index (χ3v) is 4.29. The Morgan fingerprint density at radius 1 is 1.35 bits per heavy atom. The Kier molecular flexibility index (Phi) is 5.35. The smallest absolute Gasteiger partial charge is 0.191 e. The number of fused-ring (bicyclic) bond motifs is 1. The van der Waals surface area contributed by atoms with E-state index >= 15 is 0 Å². The Bertz CT molecular complexity index is 782. The molecule has 26 heavy (non-hydrogen) atoms. The van der Waals surface area contributed by atoms with Gasteiger partial charge < -0.3 is 20.1 Å². The first-order valence-corrected chi connectivity index (χ1v) is 8.83. The summed E-state index contributed by atoms with van der Waals surface area (Å²) >= 11 is 0. The van der Waals surface area contributed by atoms with Crippen molar-refractivity contribution in [1.82, 2.24) is 20.4 Å². The van der Waals surface area contributed by atoms with Crippen molar-refractivity contribution in [2.24, 2.45) is 12.0 Å². The van der Waals surface area contributed by atoms with E-state index in [2.05, 4.69) is 40.6 Å². The number of hydrogen-bond donors (Lipinski definition) is 2. The van der Waals surface area contributed by atoms with Crippen LogP contribution in [-0.4, -0.2) is 41.5 Å². The molecule has 3 rings (SSSR count). The van der Waals surface area contributed by atoms with E-state index in [9.17, 15) is 0 Å². The highest BCUT2D eigenvalue weighted by Crippen LogP contribution is 2.41. The molecule has 0 spiro atoms. The fraction of sp³-hybridized carbons (Fsp3) is 0.474. The van der Waals surface area contributed by atoms with Crippen LogP contribution in [0.15, 0.2) is 35.5 Å². The minimum atomic E-state index is -0.169. The normalized spacial score (nSPS) is 15.3. The van der Waals surface area contributed by atoms with Gasteiger partial charge in [0.05, 0.1) is 18.8 Å². The van der Waals surface area contributed by atoms with E-state index in [0.29, 0.717) is 19.7 Å². The maximum atomic E-state index is 6.03. The van der Waals surface area contributed by atoms with Crippen LogP contribution >= 0.6 is 0 Å². The van der Waals surface area contributed by atoms with Crippen LogP contribution in [0.25, 0.3) is 0 Å². The molecule has 0 fully saturated rings. The van der Waals surface area contributed by atoms with Crippen molar-refractivity contribution in [3.05, 3.63) is 41.7 Å². The molecule has 0 saturated heterocycles. The lowest BCUT2D eigenvalue weighted by Gasteiger charge is -2.18. The topological polar surface area (TPSA) is 72.7 Å². The molecule has 0 amide bonds. The number of hydrogen-bond acceptors (Lipinski definition) is 4. The number of aliphatic imine (C=N–C) groups is 1. The average Bonchev–Trinajstić information content (AvgIpc) is 3.15. The molecule has 0 bridgehead atoms. The quantitative estimate of drug-likeness (QED) is 0.469. The maximum absolute atomic E-state index is 6.03. The van der Waals surface area contributed by atoms with Crippen LogP contribution < -0.4 is 20.1 Å². The molecule has 2 heterocycles. The second-order valence-corrected chi connectivity index (χ2v) is 6.93. The summed E-state index contributed by atoms with van der Waals surface area (Å²) in [6, 6.07) is 8.04. The Hall–Kier alpha value is -2.70. The second-order valence-electron chi connectivity index (χ2n) is 6.93. The minimum absolute atomic E-state index is 0.169. The van der Waals surface area contributed by atoms with Crippen LogP contribution in [-0.2, 0) is 20.0 Å². The highest BCUT2D eigenvalue weighted by atomic mass is 16.5. The summed E-state index contributed by atoms with van der Waals surface area (Å²) in [6.45, 7) is 6.00. The van der Waals surface area contributed by atoms with E-state index in [1.54, 1.807) is 13.2 Å². The van der Waals surface area contributed by atoms with Crippen molar-refractivity contribution in [3.63, 3.8) is 0 Å². The van der Waals surface area contributed by atoms with Crippen molar-refractivity contribution < 1.29 is 9.47 Å². The number of ether oxygens (including phenoxy) is 2. The Labute approximate surface area is 154 Å². The molecule has 0 atom stereocenters. The largest absolute Gasteiger partial charge is 0.488 e. The van der Waals surface area contributed by atoms with Crippen LogP contribution in [0.4, 0.5) is 0 Å². The van der Waals surface area contributed by atoms with Crippen molar-refractivity contribution in [3.8, 4) is 11.5 Å². The molecular weight excluding hydrogens is 330 g/mol. The van der Waals surface area contributed by atoms with Gasteiger partial charge in [-0.15, -0.1) is 0 Å². The number of nitrogens with zero attached hydrogens (tertiary/aromatic N) is 3. The molecule has 0 saturated carbocycles. The molecule has 7 nitrogen and oxygen atoms in total. The molecule has 0 aliphatic carbocycles. The molecule has 1 aliphatic heterocycles. The first-order valence-electron chi connectivity index (χ1n) is 8.83. The minimum Gasteiger partial charge on any atom is -0.488 e. The molecular formula is C19H27N5O2. The molecule has 140 valence electrons. The van der Waals surface area contributed by atoms with E-state index in [1.807, 2.05) is 29.9 Å². The monoisotopic (exact) mass is 357 g/mol. The molecule has 7 heteroatoms. The maximum Gasteiger partial charge on any atom is 0.191 e. The Morgan fingerprint density at radius 3 is 2.92 bits per heavy atom. The number of para-hydroxylation sites is 1. The predicted molar refractivity (Wildman–Crippen MR) is 102 cm³/mol. The van der Waals surface area contributed by atoms with Gasteiger partial charge in [0.15, 0.2) is 17.5 Å². The highest BCUT2D eigenvalue weighted by molar-refractivity contribution is 5.79. The lowest BCUT2D eigenvalue weighted by atomic mass is 10.0. The fourth-order valence-corrected chi connectivity index (χ4v) is 3.00. The molecule has 1 aromatic heterocycles. The third-order valence-electron chi connectivity index (χ3n) is 4.29. The van der Waals surface area contributed by atoms with E-state index in [1.165, 1.54) is 5.56 Å². The van der Waals surface area contributed by atoms with Gasteiger partial charge in [0, 0.05) is 32.3 Å². The molecule has 1 aromatic carbocycles. The van der Waals surface area contributed by atoms with Gasteiger partial charge in [-0.05, 0) is 26.0 Å². The van der Waals surface area contributed by atoms with Crippen molar-refractivity contribution in [1.29, 1.82) is 0 Å². The standard InChI is InChI=1S/C19H27N5O2/c1-19(2)12-14-6-5-7-16(17(14)26-19)25-11-10-21-18(20-3)22-13-15-8-9-23-24(15)4/h5-9H,10-13H2,1-4H3,(H2,20,21,22).